The van der Waals surface area contributed by atoms with E-state index in [-0.39, 0.29) is 91.7 Å². The van der Waals surface area contributed by atoms with Crippen molar-refractivity contribution in [3.05, 3.63) is 46.5 Å². The molecule has 0 aromatic heterocycles. The second-order valence-electron chi connectivity index (χ2n) is 20.8. The summed E-state index contributed by atoms with van der Waals surface area (Å²) in [5.74, 6) is -4.76. The summed E-state index contributed by atoms with van der Waals surface area (Å²) in [5.41, 5.74) is -1.08. The van der Waals surface area contributed by atoms with Crippen molar-refractivity contribution in [3.8, 4) is 5.75 Å². The molecule has 0 radical (unpaired) electrons. The number of halogens is 1. The highest BCUT2D eigenvalue weighted by molar-refractivity contribution is 8.00. The number of carbonyl (C=O) groups is 9. The van der Waals surface area contributed by atoms with Crippen LogP contribution in [0.2, 0.25) is 5.02 Å². The van der Waals surface area contributed by atoms with E-state index in [4.69, 9.17) is 30.6 Å². The van der Waals surface area contributed by atoms with Gasteiger partial charge in [-0.3, -0.25) is 43.8 Å². The van der Waals surface area contributed by atoms with Gasteiger partial charge in [-0.15, -0.1) is 16.8 Å². The van der Waals surface area contributed by atoms with Crippen molar-refractivity contribution in [2.45, 2.75) is 140 Å². The lowest BCUT2D eigenvalue weighted by Gasteiger charge is -2.42. The van der Waals surface area contributed by atoms with E-state index < -0.39 is 94.7 Å². The van der Waals surface area contributed by atoms with Gasteiger partial charge in [0.25, 0.3) is 11.8 Å². The summed E-state index contributed by atoms with van der Waals surface area (Å²) in [6.45, 7) is 5.47. The van der Waals surface area contributed by atoms with Gasteiger partial charge in [0.1, 0.15) is 23.0 Å². The van der Waals surface area contributed by atoms with Crippen LogP contribution in [0.25, 0.3) is 0 Å². The van der Waals surface area contributed by atoms with Crippen molar-refractivity contribution in [2.24, 2.45) is 29.1 Å². The van der Waals surface area contributed by atoms with Crippen molar-refractivity contribution in [2.75, 3.05) is 45.5 Å². The number of aliphatic hydroxyl groups is 2. The Hall–Kier alpha value is -5.35. The molecule has 4 bridgehead atoms. The maximum atomic E-state index is 14.4. The molecule has 22 heteroatoms. The van der Waals surface area contributed by atoms with Gasteiger partial charge in [0, 0.05) is 77.4 Å². The van der Waals surface area contributed by atoms with Gasteiger partial charge < -0.3 is 39.1 Å². The molecule has 0 spiro atoms. The van der Waals surface area contributed by atoms with Crippen molar-refractivity contribution < 1.29 is 72.4 Å². The minimum absolute atomic E-state index is 0.00131. The zero-order valence-corrected chi connectivity index (χ0v) is 44.5. The van der Waals surface area contributed by atoms with Gasteiger partial charge in [0.05, 0.1) is 42.5 Å². The van der Waals surface area contributed by atoms with E-state index in [0.29, 0.717) is 48.6 Å². The van der Waals surface area contributed by atoms with Gasteiger partial charge >= 0.3 is 12.1 Å². The first-order chi connectivity index (χ1) is 35.0. The van der Waals surface area contributed by atoms with Crippen LogP contribution in [0.1, 0.15) is 103 Å². The number of amides is 7. The molecular weight excluding hydrogens is 1000 g/mol. The number of likely N-dealkylation sites (tertiary alicyclic amines) is 1. The van der Waals surface area contributed by atoms with Crippen LogP contribution in [0.15, 0.2) is 35.9 Å². The molecule has 1 aromatic carbocycles. The SMILES string of the molecule is COc1cc2cc(c1Cl)N(C)C(=O)C[C@H](O)[C@]1(CC(=O)[C@H](C)N(C)C(=O)CCSC3CC(=O)N(CC4CCC(C(=O)ON5C(=O)CCC5=O)CC4)C3=O)C[C@H]1[C@H](C)[C@@H]1C[C@@](O)(NC(=O)O1)[C@H](OC)/C=C/C=C(\C)C2. The number of hydroxylamine groups is 2. The molecule has 7 amide bonds. The summed E-state index contributed by atoms with van der Waals surface area (Å²) < 4.78 is 17.0. The highest BCUT2D eigenvalue weighted by atomic mass is 35.5. The molecule has 2 saturated carbocycles. The summed E-state index contributed by atoms with van der Waals surface area (Å²) in [5, 5.41) is 26.7. The molecule has 9 atom stereocenters. The number of nitrogens with one attached hydrogen (secondary N) is 1. The molecule has 1 aromatic rings. The third kappa shape index (κ3) is 12.2. The van der Waals surface area contributed by atoms with Crippen LogP contribution in [0.5, 0.6) is 5.75 Å². The van der Waals surface area contributed by atoms with E-state index in [0.717, 1.165) is 11.1 Å². The number of hydrogen-bond donors (Lipinski definition) is 3. The number of nitrogens with zero attached hydrogens (tertiary/aromatic N) is 4. The Morgan fingerprint density at radius 2 is 1.69 bits per heavy atom. The van der Waals surface area contributed by atoms with Crippen molar-refractivity contribution in [1.29, 1.82) is 0 Å². The van der Waals surface area contributed by atoms with Crippen molar-refractivity contribution in [1.82, 2.24) is 20.2 Å². The first-order valence-electron chi connectivity index (χ1n) is 25.2. The van der Waals surface area contributed by atoms with Gasteiger partial charge in [-0.05, 0) is 87.8 Å². The predicted molar refractivity (Wildman–Crippen MR) is 269 cm³/mol. The molecule has 1 unspecified atom stereocenters. The number of anilines is 1. The van der Waals surface area contributed by atoms with Gasteiger partial charge in [0.2, 0.25) is 23.6 Å². The fraction of sp³-hybridized carbons (Fsp3) is 0.635. The monoisotopic (exact) mass is 1070 g/mol. The van der Waals surface area contributed by atoms with Crippen LogP contribution < -0.4 is 15.0 Å². The Bertz CT molecular complexity index is 2460. The largest absolute Gasteiger partial charge is 0.495 e. The van der Waals surface area contributed by atoms with Gasteiger partial charge in [0.15, 0.2) is 11.5 Å². The van der Waals surface area contributed by atoms with E-state index in [9.17, 15) is 53.4 Å². The third-order valence-corrected chi connectivity index (χ3v) is 17.6. The van der Waals surface area contributed by atoms with Crippen molar-refractivity contribution in [3.63, 3.8) is 0 Å². The number of ketones is 1. The fourth-order valence-electron chi connectivity index (χ4n) is 11.2. The topological polar surface area (TPSA) is 256 Å². The number of Topliss-reactive ketones (excluding diaryl/α,β-unsaturated/α-hetero) is 1. The van der Waals surface area contributed by atoms with Crippen LogP contribution >= 0.6 is 23.4 Å². The van der Waals surface area contributed by atoms with E-state index in [1.54, 1.807) is 38.3 Å². The van der Waals surface area contributed by atoms with Crippen LogP contribution in [0.4, 0.5) is 10.5 Å². The molecule has 7 rings (SSSR count). The first-order valence-corrected chi connectivity index (χ1v) is 26.6. The lowest BCUT2D eigenvalue weighted by Crippen LogP contribution is -2.63. The lowest BCUT2D eigenvalue weighted by atomic mass is 9.80. The minimum Gasteiger partial charge on any atom is -0.495 e. The molecule has 6 aliphatic rings. The number of rotatable bonds is 14. The standard InChI is InChI=1S/C52H68ClN5O15S/c1-28-9-8-10-41(71-7)52(69)26-38(72-50(68)54-52)29(2)34-24-51(34,40(60)23-45(64)56(5)35-20-32(19-28)21-37(70-6)47(35)53)25-36(59)30(3)55(4)42(61)17-18-74-39-22-46(65)57(48(39)66)27-31-11-13-33(14-12-31)49(67)73-58-43(62)15-16-44(58)63/h8-10,20-21,29-31,33-34,38-41,60,69H,11-19,22-27H2,1-7H3,(H,54,68)/b10-8+,28-9+/t29-,30-,31?,33?,34-,38-,39?,40-,41+,51-,52-/m0/s1. The molecule has 3 saturated heterocycles. The van der Waals surface area contributed by atoms with Gasteiger partial charge in [-0.2, -0.15) is 0 Å². The summed E-state index contributed by atoms with van der Waals surface area (Å²) in [4.78, 5) is 127. The molecule has 404 valence electrons. The summed E-state index contributed by atoms with van der Waals surface area (Å²) in [6.07, 6.45) is 2.76. The molecule has 20 nitrogen and oxygen atoms in total. The zero-order chi connectivity index (χ0) is 54.0. The minimum atomic E-state index is -1.90. The van der Waals surface area contributed by atoms with Crippen LogP contribution in [-0.2, 0) is 59.1 Å². The number of aliphatic hydroxyl groups excluding tert-OH is 1. The van der Waals surface area contributed by atoms with E-state index in [1.807, 2.05) is 19.9 Å². The summed E-state index contributed by atoms with van der Waals surface area (Å²) in [7, 11) is 5.91. The number of methoxy groups -OCH3 is 2. The summed E-state index contributed by atoms with van der Waals surface area (Å²) >= 11 is 7.97. The van der Waals surface area contributed by atoms with E-state index >= 15 is 0 Å². The number of ether oxygens (including phenoxy) is 3. The Balaban J connectivity index is 0.986. The average Bonchev–Trinajstić information content (AvgIpc) is 3.93. The average molecular weight is 1070 g/mol. The lowest BCUT2D eigenvalue weighted by molar-refractivity contribution is -0.201. The second kappa shape index (κ2) is 23.3. The second-order valence-corrected chi connectivity index (χ2v) is 22.5. The van der Waals surface area contributed by atoms with Gasteiger partial charge in [-0.1, -0.05) is 42.3 Å². The molecular formula is C52H68ClN5O15S. The Kier molecular flexibility index (Phi) is 17.7. The van der Waals surface area contributed by atoms with E-state index in [1.165, 1.54) is 47.7 Å². The number of imide groups is 2. The molecule has 4 heterocycles. The normalized spacial score (nSPS) is 32.2. The van der Waals surface area contributed by atoms with E-state index in [2.05, 4.69) is 5.32 Å². The number of hydrogen-bond acceptors (Lipinski definition) is 16. The maximum Gasteiger partial charge on any atom is 0.409 e. The van der Waals surface area contributed by atoms with Crippen LogP contribution in [0.3, 0.4) is 0 Å². The number of fused-ring (bicyclic) bond motifs is 5. The van der Waals surface area contributed by atoms with Crippen LogP contribution in [-0.4, -0.2) is 154 Å². The number of alkyl carbamates (subject to hydrolysis) is 1. The molecule has 74 heavy (non-hydrogen) atoms. The quantitative estimate of drug-likeness (QED) is 0.218. The maximum absolute atomic E-state index is 14.4. The zero-order valence-electron chi connectivity index (χ0n) is 43.0. The molecule has 3 N–H and O–H groups in total. The number of allylic oxidation sites excluding steroid dienone is 3. The van der Waals surface area contributed by atoms with Gasteiger partial charge in [-0.25, -0.2) is 9.59 Å². The number of likely N-dealkylation sites (N-methyl/N-ethyl adjacent to an activating group) is 1. The highest BCUT2D eigenvalue weighted by Gasteiger charge is 2.64. The molecule has 4 aliphatic heterocycles. The summed E-state index contributed by atoms with van der Waals surface area (Å²) in [6, 6.07) is 2.55. The van der Waals surface area contributed by atoms with Crippen molar-refractivity contribution >= 4 is 82.3 Å². The smallest absolute Gasteiger partial charge is 0.409 e. The first kappa shape index (κ1) is 56.4. The highest BCUT2D eigenvalue weighted by Crippen LogP contribution is 2.63. The number of carbonyl (C=O) groups excluding carboxylic acids is 9. The third-order valence-electron chi connectivity index (χ3n) is 16.0. The number of thioether (sulfide) groups is 1. The Labute approximate surface area is 439 Å². The predicted octanol–water partition coefficient (Wildman–Crippen LogP) is 4.44. The number of benzene rings is 1. The fourth-order valence-corrected chi connectivity index (χ4v) is 12.6. The van der Waals surface area contributed by atoms with Crippen LogP contribution in [0, 0.1) is 29.1 Å². The molecule has 2 aliphatic carbocycles. The Morgan fingerprint density at radius 1 is 1.00 bits per heavy atom. The Morgan fingerprint density at radius 3 is 2.35 bits per heavy atom. The molecule has 5 fully saturated rings.